The average Bonchev–Trinajstić information content (AvgIpc) is 3.29. The van der Waals surface area contributed by atoms with Crippen molar-refractivity contribution >= 4 is 34.2 Å². The van der Waals surface area contributed by atoms with Gasteiger partial charge in [-0.1, -0.05) is 61.6 Å². The fourth-order valence-corrected chi connectivity index (χ4v) is 6.96. The van der Waals surface area contributed by atoms with E-state index < -0.39 is 41.1 Å². The molecule has 6 rings (SSSR count). The van der Waals surface area contributed by atoms with Crippen LogP contribution in [0.25, 0.3) is 10.8 Å². The summed E-state index contributed by atoms with van der Waals surface area (Å²) in [6.45, 7) is 3.91. The van der Waals surface area contributed by atoms with Crippen molar-refractivity contribution in [2.24, 2.45) is 11.8 Å². The van der Waals surface area contributed by atoms with E-state index >= 15 is 0 Å². The van der Waals surface area contributed by atoms with Gasteiger partial charge in [0.05, 0.1) is 30.8 Å². The Balaban J connectivity index is 1.50. The highest BCUT2D eigenvalue weighted by Gasteiger charge is 2.75. The van der Waals surface area contributed by atoms with Crippen molar-refractivity contribution in [2.75, 3.05) is 24.7 Å². The summed E-state index contributed by atoms with van der Waals surface area (Å²) in [4.78, 5) is 45.5. The number of ether oxygens (including phenoxy) is 2. The van der Waals surface area contributed by atoms with Crippen LogP contribution < -0.4 is 4.90 Å². The Morgan fingerprint density at radius 3 is 2.59 bits per heavy atom. The number of aliphatic hydroxyl groups excluding tert-OH is 1. The molecule has 2 aromatic carbocycles. The highest BCUT2D eigenvalue weighted by molar-refractivity contribution is 6.06. The predicted molar refractivity (Wildman–Crippen MR) is 146 cm³/mol. The number of carbonyl (C=O) groups excluding carboxylic acids is 3. The summed E-state index contributed by atoms with van der Waals surface area (Å²) in [5.74, 6) is -3.04. The van der Waals surface area contributed by atoms with Crippen molar-refractivity contribution in [3.05, 3.63) is 66.8 Å². The van der Waals surface area contributed by atoms with Gasteiger partial charge in [-0.2, -0.15) is 0 Å². The van der Waals surface area contributed by atoms with Crippen molar-refractivity contribution in [2.45, 2.75) is 56.4 Å². The van der Waals surface area contributed by atoms with Gasteiger partial charge in [-0.05, 0) is 49.1 Å². The lowest BCUT2D eigenvalue weighted by Gasteiger charge is -2.40. The maximum Gasteiger partial charge on any atom is 0.313 e. The second-order valence-electron chi connectivity index (χ2n) is 11.1. The summed E-state index contributed by atoms with van der Waals surface area (Å²) >= 11 is 0. The number of allylic oxidation sites excluding steroid dienone is 1. The molecule has 1 spiro atoms. The number of nitrogens with zero attached hydrogens (tertiary/aromatic N) is 2. The van der Waals surface area contributed by atoms with E-state index in [1.807, 2.05) is 73.7 Å². The standard InChI is InChI=1S/C31H34N2O6/c1-3-22(19-34)33-26-28(36)32(23-13-12-20-10-5-6-11-21(20)18-23)16-9-15-31(26)24(27(33)35)25-29(37)38-17-8-4-7-14-30(25,2)39-31/h5-7,9-15,18,22,24-26,34H,3-4,8,16-17,19H2,1-2H3/b14-7-/t22-,24-,25-,26?,30+,31-/m0/s1. The molecule has 0 aliphatic carbocycles. The molecule has 0 saturated carbocycles. The van der Waals surface area contributed by atoms with Crippen LogP contribution in [0.2, 0.25) is 0 Å². The molecule has 4 heterocycles. The molecule has 4 aliphatic heterocycles. The van der Waals surface area contributed by atoms with Crippen LogP contribution in [0.1, 0.15) is 33.1 Å². The van der Waals surface area contributed by atoms with Crippen molar-refractivity contribution < 1.29 is 29.0 Å². The summed E-state index contributed by atoms with van der Waals surface area (Å²) in [5.41, 5.74) is -1.81. The summed E-state index contributed by atoms with van der Waals surface area (Å²) in [5, 5.41) is 12.3. The molecule has 0 bridgehead atoms. The minimum Gasteiger partial charge on any atom is -0.465 e. The molecule has 6 atom stereocenters. The molecule has 8 heteroatoms. The molecular formula is C31H34N2O6. The third-order valence-corrected chi connectivity index (χ3v) is 8.81. The normalized spacial score (nSPS) is 33.9. The van der Waals surface area contributed by atoms with Crippen LogP contribution >= 0.6 is 0 Å². The molecular weight excluding hydrogens is 496 g/mol. The van der Waals surface area contributed by atoms with Crippen LogP contribution in [0.15, 0.2) is 66.8 Å². The minimum absolute atomic E-state index is 0.259. The molecule has 0 radical (unpaired) electrons. The first kappa shape index (κ1) is 25.8. The maximum atomic E-state index is 14.6. The molecule has 1 unspecified atom stereocenters. The predicted octanol–water partition coefficient (Wildman–Crippen LogP) is 3.38. The van der Waals surface area contributed by atoms with Gasteiger partial charge in [-0.15, -0.1) is 0 Å². The minimum atomic E-state index is -1.38. The summed E-state index contributed by atoms with van der Waals surface area (Å²) in [6, 6.07) is 12.1. The van der Waals surface area contributed by atoms with E-state index in [4.69, 9.17) is 9.47 Å². The Bertz CT molecular complexity index is 1380. The molecule has 2 amide bonds. The van der Waals surface area contributed by atoms with E-state index in [0.29, 0.717) is 24.9 Å². The second kappa shape index (κ2) is 9.61. The number of hydrogen-bond acceptors (Lipinski definition) is 6. The zero-order valence-corrected chi connectivity index (χ0v) is 22.3. The lowest BCUT2D eigenvalue weighted by molar-refractivity contribution is -0.159. The van der Waals surface area contributed by atoms with E-state index in [1.54, 1.807) is 11.8 Å². The maximum absolute atomic E-state index is 14.6. The van der Waals surface area contributed by atoms with Crippen LogP contribution in [0.3, 0.4) is 0 Å². The molecule has 8 nitrogen and oxygen atoms in total. The smallest absolute Gasteiger partial charge is 0.313 e. The van der Waals surface area contributed by atoms with E-state index in [-0.39, 0.29) is 31.6 Å². The fourth-order valence-electron chi connectivity index (χ4n) is 6.96. The number of carbonyl (C=O) groups is 3. The van der Waals surface area contributed by atoms with Gasteiger partial charge in [0.2, 0.25) is 5.91 Å². The number of hydrogen-bond donors (Lipinski definition) is 1. The Labute approximate surface area is 227 Å². The average molecular weight is 531 g/mol. The number of benzene rings is 2. The highest BCUT2D eigenvalue weighted by Crippen LogP contribution is 2.57. The molecule has 39 heavy (non-hydrogen) atoms. The number of likely N-dealkylation sites (tertiary alicyclic amines) is 1. The summed E-state index contributed by atoms with van der Waals surface area (Å²) in [6.07, 6.45) is 9.35. The van der Waals surface area contributed by atoms with E-state index in [1.165, 1.54) is 4.90 Å². The second-order valence-corrected chi connectivity index (χ2v) is 11.1. The van der Waals surface area contributed by atoms with Gasteiger partial charge in [0.15, 0.2) is 0 Å². The van der Waals surface area contributed by atoms with Crippen LogP contribution in [-0.2, 0) is 23.9 Å². The number of cyclic esters (lactones) is 1. The van der Waals surface area contributed by atoms with Crippen LogP contribution in [0.4, 0.5) is 5.69 Å². The van der Waals surface area contributed by atoms with Crippen molar-refractivity contribution in [3.8, 4) is 0 Å². The van der Waals surface area contributed by atoms with Gasteiger partial charge in [-0.3, -0.25) is 14.4 Å². The first-order chi connectivity index (χ1) is 18.8. The lowest BCUT2D eigenvalue weighted by Crippen LogP contribution is -2.58. The first-order valence-corrected chi connectivity index (χ1v) is 13.8. The third-order valence-electron chi connectivity index (χ3n) is 8.81. The van der Waals surface area contributed by atoms with E-state index in [0.717, 1.165) is 10.8 Å². The third kappa shape index (κ3) is 3.84. The lowest BCUT2D eigenvalue weighted by atomic mass is 9.74. The zero-order valence-electron chi connectivity index (χ0n) is 22.3. The van der Waals surface area contributed by atoms with Crippen molar-refractivity contribution in [3.63, 3.8) is 0 Å². The summed E-state index contributed by atoms with van der Waals surface area (Å²) in [7, 11) is 0. The zero-order chi connectivity index (χ0) is 27.4. The van der Waals surface area contributed by atoms with Gasteiger partial charge in [-0.25, -0.2) is 0 Å². The molecule has 2 saturated heterocycles. The van der Waals surface area contributed by atoms with Crippen LogP contribution in [0, 0.1) is 11.8 Å². The Morgan fingerprint density at radius 1 is 1.03 bits per heavy atom. The van der Waals surface area contributed by atoms with Gasteiger partial charge < -0.3 is 24.4 Å². The SMILES string of the molecule is CC[C@@H](CO)N1C(=O)[C@@H]2[C@H]3C(=O)OCCC/C=C\[C@@]3(C)O[C@@]23C=CCN(c2ccc4ccccc4c2)C(=O)C13. The Morgan fingerprint density at radius 2 is 1.82 bits per heavy atom. The van der Waals surface area contributed by atoms with Crippen LogP contribution in [-0.4, -0.2) is 70.8 Å². The molecule has 2 aromatic rings. The highest BCUT2D eigenvalue weighted by atomic mass is 16.6. The van der Waals surface area contributed by atoms with Gasteiger partial charge in [0.1, 0.15) is 17.6 Å². The van der Waals surface area contributed by atoms with Gasteiger partial charge in [0, 0.05) is 12.2 Å². The van der Waals surface area contributed by atoms with Crippen molar-refractivity contribution in [1.82, 2.24) is 4.90 Å². The quantitative estimate of drug-likeness (QED) is 0.481. The molecule has 204 valence electrons. The number of rotatable bonds is 4. The number of amides is 2. The monoisotopic (exact) mass is 530 g/mol. The number of esters is 1. The fraction of sp³-hybridized carbons (Fsp3) is 0.452. The Hall–Kier alpha value is -3.49. The number of aliphatic hydroxyl groups is 1. The van der Waals surface area contributed by atoms with E-state index in [2.05, 4.69) is 0 Å². The first-order valence-electron chi connectivity index (χ1n) is 13.8. The van der Waals surface area contributed by atoms with Gasteiger partial charge >= 0.3 is 5.97 Å². The molecule has 2 fully saturated rings. The van der Waals surface area contributed by atoms with Crippen molar-refractivity contribution in [1.29, 1.82) is 0 Å². The largest absolute Gasteiger partial charge is 0.465 e. The molecule has 1 N–H and O–H groups in total. The van der Waals surface area contributed by atoms with Crippen LogP contribution in [0.5, 0.6) is 0 Å². The molecule has 0 aromatic heterocycles. The molecule has 4 aliphatic rings. The Kier molecular flexibility index (Phi) is 6.35. The number of anilines is 1. The topological polar surface area (TPSA) is 96.4 Å². The summed E-state index contributed by atoms with van der Waals surface area (Å²) < 4.78 is 12.4. The van der Waals surface area contributed by atoms with E-state index in [9.17, 15) is 19.5 Å². The number of fused-ring (bicyclic) bond motifs is 3. The van der Waals surface area contributed by atoms with Gasteiger partial charge in [0.25, 0.3) is 5.91 Å².